The van der Waals surface area contributed by atoms with Gasteiger partial charge in [0.05, 0.1) is 28.1 Å². The average molecular weight is 435 g/mol. The summed E-state index contributed by atoms with van der Waals surface area (Å²) < 4.78 is 30.2. The summed E-state index contributed by atoms with van der Waals surface area (Å²) in [6.07, 6.45) is 3.55. The number of anilines is 1. The molecular formula is C17H20Cl2N2O5S. The Labute approximate surface area is 167 Å². The molecule has 1 aromatic rings. The Bertz CT molecular complexity index is 895. The molecule has 2 aliphatic rings. The number of sulfone groups is 1. The van der Waals surface area contributed by atoms with E-state index in [1.165, 1.54) is 12.1 Å². The van der Waals surface area contributed by atoms with Crippen molar-refractivity contribution in [2.45, 2.75) is 41.9 Å². The molecule has 1 aromatic carbocycles. The van der Waals surface area contributed by atoms with Gasteiger partial charge in [-0.05, 0) is 38.3 Å². The number of aromatic hydroxyl groups is 1. The Balaban J connectivity index is 1.87. The van der Waals surface area contributed by atoms with Gasteiger partial charge in [-0.15, -0.1) is 0 Å². The number of hydrogen-bond donors (Lipinski definition) is 3. The molecule has 3 N–H and O–H groups in total. The molecule has 1 aliphatic carbocycles. The molecule has 2 amide bonds. The van der Waals surface area contributed by atoms with E-state index in [-0.39, 0.29) is 29.8 Å². The number of allylic oxidation sites excluding steroid dienone is 1. The molecule has 148 valence electrons. The van der Waals surface area contributed by atoms with Gasteiger partial charge >= 0.3 is 6.03 Å². The summed E-state index contributed by atoms with van der Waals surface area (Å²) in [6.45, 7) is 1.87. The second-order valence-electron chi connectivity index (χ2n) is 6.85. The summed E-state index contributed by atoms with van der Waals surface area (Å²) in [6, 6.07) is 1.75. The van der Waals surface area contributed by atoms with Crippen molar-refractivity contribution in [3.05, 3.63) is 28.3 Å². The van der Waals surface area contributed by atoms with Crippen molar-refractivity contribution in [1.82, 2.24) is 5.32 Å². The van der Waals surface area contributed by atoms with Gasteiger partial charge in [0.25, 0.3) is 0 Å². The molecule has 7 nitrogen and oxygen atoms in total. The molecule has 2 unspecified atom stereocenters. The van der Waals surface area contributed by atoms with E-state index in [0.29, 0.717) is 18.1 Å². The number of hydrogen-bond acceptors (Lipinski definition) is 5. The molecule has 1 aliphatic heterocycles. The number of benzene rings is 1. The van der Waals surface area contributed by atoms with Crippen molar-refractivity contribution in [3.63, 3.8) is 0 Å². The highest BCUT2D eigenvalue weighted by molar-refractivity contribution is 7.93. The lowest BCUT2D eigenvalue weighted by Gasteiger charge is -2.24. The first-order valence-electron chi connectivity index (χ1n) is 8.42. The van der Waals surface area contributed by atoms with E-state index in [2.05, 4.69) is 10.6 Å². The summed E-state index contributed by atoms with van der Waals surface area (Å²) in [5.41, 5.74) is -0.0592. The summed E-state index contributed by atoms with van der Waals surface area (Å²) >= 11 is 12.1. The van der Waals surface area contributed by atoms with Gasteiger partial charge in [0, 0.05) is 11.6 Å². The highest BCUT2D eigenvalue weighted by atomic mass is 35.5. The Hall–Kier alpha value is -1.48. The van der Waals surface area contributed by atoms with Crippen LogP contribution in [0.15, 0.2) is 28.1 Å². The second-order valence-corrected chi connectivity index (χ2v) is 10.1. The van der Waals surface area contributed by atoms with Crippen LogP contribution < -0.4 is 10.6 Å². The first-order chi connectivity index (χ1) is 12.7. The Morgan fingerprint density at radius 3 is 2.70 bits per heavy atom. The highest BCUT2D eigenvalue weighted by Gasteiger charge is 2.46. The summed E-state index contributed by atoms with van der Waals surface area (Å²) in [7, 11) is -4.00. The smallest absolute Gasteiger partial charge is 0.319 e. The zero-order valence-electron chi connectivity index (χ0n) is 14.6. The van der Waals surface area contributed by atoms with Crippen molar-refractivity contribution in [2.75, 3.05) is 18.5 Å². The molecule has 2 atom stereocenters. The van der Waals surface area contributed by atoms with E-state index in [4.69, 9.17) is 27.9 Å². The van der Waals surface area contributed by atoms with Crippen LogP contribution in [0, 0.1) is 0 Å². The van der Waals surface area contributed by atoms with Crippen LogP contribution in [0.25, 0.3) is 0 Å². The van der Waals surface area contributed by atoms with Gasteiger partial charge in [-0.25, -0.2) is 13.2 Å². The van der Waals surface area contributed by atoms with E-state index in [1.54, 1.807) is 6.92 Å². The third kappa shape index (κ3) is 3.76. The molecule has 0 spiro atoms. The molecule has 0 saturated carbocycles. The fraction of sp³-hybridized carbons (Fsp3) is 0.471. The van der Waals surface area contributed by atoms with Crippen LogP contribution in [0.4, 0.5) is 10.5 Å². The third-order valence-electron chi connectivity index (χ3n) is 4.86. The van der Waals surface area contributed by atoms with Gasteiger partial charge in [0.1, 0.15) is 4.90 Å². The minimum Gasteiger partial charge on any atom is -0.504 e. The van der Waals surface area contributed by atoms with E-state index in [9.17, 15) is 18.3 Å². The lowest BCUT2D eigenvalue weighted by molar-refractivity contribution is 0.191. The molecule has 0 bridgehead atoms. The molecule has 1 fully saturated rings. The molecule has 1 heterocycles. The van der Waals surface area contributed by atoms with Gasteiger partial charge in [0.2, 0.25) is 0 Å². The number of urea groups is 1. The summed E-state index contributed by atoms with van der Waals surface area (Å²) in [4.78, 5) is 11.8. The number of nitrogens with one attached hydrogen (secondary N) is 2. The third-order valence-corrected chi connectivity index (χ3v) is 8.28. The Morgan fingerprint density at radius 2 is 2.11 bits per heavy atom. The fourth-order valence-electron chi connectivity index (χ4n) is 3.14. The Morgan fingerprint density at radius 1 is 1.37 bits per heavy atom. The highest BCUT2D eigenvalue weighted by Crippen LogP contribution is 2.43. The lowest BCUT2D eigenvalue weighted by Crippen LogP contribution is -2.37. The molecule has 27 heavy (non-hydrogen) atoms. The molecule has 1 saturated heterocycles. The van der Waals surface area contributed by atoms with Gasteiger partial charge < -0.3 is 20.5 Å². The fourth-order valence-corrected chi connectivity index (χ4v) is 5.64. The van der Waals surface area contributed by atoms with E-state index >= 15 is 0 Å². The van der Waals surface area contributed by atoms with Crippen LogP contribution in [0.1, 0.15) is 26.2 Å². The van der Waals surface area contributed by atoms with Gasteiger partial charge in [-0.2, -0.15) is 0 Å². The van der Waals surface area contributed by atoms with Crippen LogP contribution in [0.3, 0.4) is 0 Å². The van der Waals surface area contributed by atoms with Crippen LogP contribution >= 0.6 is 23.2 Å². The number of carbonyl (C=O) groups excluding carboxylic acids is 1. The lowest BCUT2D eigenvalue weighted by atomic mass is 10.1. The molecular weight excluding hydrogens is 415 g/mol. The van der Waals surface area contributed by atoms with Gasteiger partial charge in [-0.1, -0.05) is 29.3 Å². The first-order valence-corrected chi connectivity index (χ1v) is 10.7. The number of halogens is 2. The number of phenols is 1. The molecule has 0 aromatic heterocycles. The SMILES string of the molecule is CC1(S(=O)(=O)c2c(Cl)ccc(NC(=O)NC3CCC=C3Cl)c2O)CCOC1. The topological polar surface area (TPSA) is 105 Å². The van der Waals surface area contributed by atoms with Gasteiger partial charge in [-0.3, -0.25) is 0 Å². The molecule has 10 heteroatoms. The number of amides is 2. The predicted octanol–water partition coefficient (Wildman–Crippen LogP) is 3.40. The first kappa shape index (κ1) is 20.3. The van der Waals surface area contributed by atoms with Crippen molar-refractivity contribution in [1.29, 1.82) is 0 Å². The van der Waals surface area contributed by atoms with Crippen LogP contribution in [0.2, 0.25) is 5.02 Å². The number of rotatable bonds is 4. The summed E-state index contributed by atoms with van der Waals surface area (Å²) in [5.74, 6) is -0.598. The van der Waals surface area contributed by atoms with Crippen molar-refractivity contribution >= 4 is 44.8 Å². The number of carbonyl (C=O) groups is 1. The van der Waals surface area contributed by atoms with Crippen LogP contribution in [0.5, 0.6) is 5.75 Å². The Kier molecular flexibility index (Phi) is 5.63. The van der Waals surface area contributed by atoms with Crippen molar-refractivity contribution < 1.29 is 23.1 Å². The maximum Gasteiger partial charge on any atom is 0.319 e. The maximum absolute atomic E-state index is 13.1. The van der Waals surface area contributed by atoms with E-state index in [0.717, 1.165) is 6.42 Å². The largest absolute Gasteiger partial charge is 0.504 e. The standard InChI is InChI=1S/C17H20Cl2N2O5S/c1-17(7-8-26-9-17)27(24,25)15-11(19)5-6-13(14(15)22)21-16(23)20-12-4-2-3-10(12)18/h3,5-6,12,22H,2,4,7-9H2,1H3,(H2,20,21,23). The molecule has 0 radical (unpaired) electrons. The van der Waals surface area contributed by atoms with Crippen molar-refractivity contribution in [3.8, 4) is 5.75 Å². The summed E-state index contributed by atoms with van der Waals surface area (Å²) in [5, 5.41) is 16.1. The number of phenolic OH excluding ortho intramolecular Hbond substituents is 1. The van der Waals surface area contributed by atoms with E-state index in [1.807, 2.05) is 6.08 Å². The maximum atomic E-state index is 13.1. The second kappa shape index (κ2) is 7.50. The van der Waals surface area contributed by atoms with Crippen LogP contribution in [-0.4, -0.2) is 43.6 Å². The predicted molar refractivity (Wildman–Crippen MR) is 103 cm³/mol. The quantitative estimate of drug-likeness (QED) is 0.629. The minimum absolute atomic E-state index is 0.00968. The van der Waals surface area contributed by atoms with Crippen molar-refractivity contribution in [2.24, 2.45) is 0 Å². The zero-order valence-corrected chi connectivity index (χ0v) is 16.9. The zero-order chi connectivity index (χ0) is 19.8. The monoisotopic (exact) mass is 434 g/mol. The number of ether oxygens (including phenoxy) is 1. The van der Waals surface area contributed by atoms with E-state index < -0.39 is 31.3 Å². The average Bonchev–Trinajstić information content (AvgIpc) is 3.20. The van der Waals surface area contributed by atoms with Crippen LogP contribution in [-0.2, 0) is 14.6 Å². The normalized spacial score (nSPS) is 25.3. The molecule has 3 rings (SSSR count). The van der Waals surface area contributed by atoms with Gasteiger partial charge in [0.15, 0.2) is 15.6 Å². The minimum atomic E-state index is -4.00.